The lowest BCUT2D eigenvalue weighted by Gasteiger charge is -2.55. The second-order valence-corrected chi connectivity index (χ2v) is 6.46. The van der Waals surface area contributed by atoms with Gasteiger partial charge in [-0.3, -0.25) is 4.79 Å². The average molecular weight is 287 g/mol. The van der Waals surface area contributed by atoms with Crippen molar-refractivity contribution in [3.05, 3.63) is 29.8 Å². The summed E-state index contributed by atoms with van der Waals surface area (Å²) in [7, 11) is 1.63. The third-order valence-corrected chi connectivity index (χ3v) is 5.09. The summed E-state index contributed by atoms with van der Waals surface area (Å²) >= 11 is 0. The fraction of sp³-hybridized carbons (Fsp3) is 0.588. The van der Waals surface area contributed by atoms with Gasteiger partial charge in [0.05, 0.1) is 19.7 Å². The third kappa shape index (κ3) is 2.04. The fourth-order valence-corrected chi connectivity index (χ4v) is 3.94. The van der Waals surface area contributed by atoms with Gasteiger partial charge in [0.1, 0.15) is 11.4 Å². The van der Waals surface area contributed by atoms with Crippen LogP contribution in [0, 0.1) is 5.92 Å². The molecular formula is C17H21NO3. The minimum atomic E-state index is -0.0321. The van der Waals surface area contributed by atoms with E-state index in [1.165, 1.54) is 12.8 Å². The van der Waals surface area contributed by atoms with Gasteiger partial charge in [-0.25, -0.2) is 0 Å². The first kappa shape index (κ1) is 13.1. The van der Waals surface area contributed by atoms with Crippen LogP contribution in [0.2, 0.25) is 0 Å². The van der Waals surface area contributed by atoms with E-state index in [0.717, 1.165) is 31.7 Å². The number of likely N-dealkylation sites (tertiary alicyclic amines) is 1. The molecule has 2 heterocycles. The van der Waals surface area contributed by atoms with E-state index < -0.39 is 0 Å². The number of carbonyl (C=O) groups excluding carboxylic acids is 1. The van der Waals surface area contributed by atoms with E-state index in [1.54, 1.807) is 7.11 Å². The SMILES string of the molecule is COc1cccc(C(=O)N2CC3(CCCO3)C2C2CC2)c1. The predicted molar refractivity (Wildman–Crippen MR) is 78.5 cm³/mol. The van der Waals surface area contributed by atoms with Gasteiger partial charge in [-0.1, -0.05) is 6.07 Å². The number of hydrogen-bond acceptors (Lipinski definition) is 3. The second-order valence-electron chi connectivity index (χ2n) is 6.46. The van der Waals surface area contributed by atoms with E-state index in [4.69, 9.17) is 9.47 Å². The van der Waals surface area contributed by atoms with Crippen LogP contribution >= 0.6 is 0 Å². The summed E-state index contributed by atoms with van der Waals surface area (Å²) in [5.41, 5.74) is 0.684. The first-order chi connectivity index (χ1) is 10.2. The Morgan fingerprint density at radius 3 is 2.95 bits per heavy atom. The largest absolute Gasteiger partial charge is 0.497 e. The van der Waals surface area contributed by atoms with Gasteiger partial charge in [0.15, 0.2) is 0 Å². The summed E-state index contributed by atoms with van der Waals surface area (Å²) in [6, 6.07) is 7.73. The molecule has 4 nitrogen and oxygen atoms in total. The molecule has 0 N–H and O–H groups in total. The highest BCUT2D eigenvalue weighted by atomic mass is 16.5. The predicted octanol–water partition coefficient (Wildman–Crippen LogP) is 2.48. The third-order valence-electron chi connectivity index (χ3n) is 5.09. The molecule has 2 saturated heterocycles. The number of methoxy groups -OCH3 is 1. The quantitative estimate of drug-likeness (QED) is 0.857. The number of ether oxygens (including phenoxy) is 2. The zero-order valence-corrected chi connectivity index (χ0v) is 12.4. The monoisotopic (exact) mass is 287 g/mol. The van der Waals surface area contributed by atoms with E-state index in [-0.39, 0.29) is 11.5 Å². The van der Waals surface area contributed by atoms with Crippen molar-refractivity contribution in [3.63, 3.8) is 0 Å². The highest BCUT2D eigenvalue weighted by Crippen LogP contribution is 2.51. The Hall–Kier alpha value is -1.55. The fourth-order valence-electron chi connectivity index (χ4n) is 3.94. The van der Waals surface area contributed by atoms with E-state index in [9.17, 15) is 4.79 Å². The molecule has 1 spiro atoms. The van der Waals surface area contributed by atoms with Crippen LogP contribution in [0.1, 0.15) is 36.0 Å². The van der Waals surface area contributed by atoms with Gasteiger partial charge in [-0.2, -0.15) is 0 Å². The van der Waals surface area contributed by atoms with Crippen molar-refractivity contribution in [1.29, 1.82) is 0 Å². The van der Waals surface area contributed by atoms with Gasteiger partial charge in [0, 0.05) is 12.2 Å². The molecular weight excluding hydrogens is 266 g/mol. The number of nitrogens with zero attached hydrogens (tertiary/aromatic N) is 1. The summed E-state index contributed by atoms with van der Waals surface area (Å²) < 4.78 is 11.3. The summed E-state index contributed by atoms with van der Waals surface area (Å²) in [4.78, 5) is 14.8. The normalized spacial score (nSPS) is 31.3. The van der Waals surface area contributed by atoms with Crippen molar-refractivity contribution in [1.82, 2.24) is 4.90 Å². The average Bonchev–Trinajstić information content (AvgIpc) is 3.18. The summed E-state index contributed by atoms with van der Waals surface area (Å²) in [6.45, 7) is 1.61. The summed E-state index contributed by atoms with van der Waals surface area (Å²) in [6.07, 6.45) is 4.70. The summed E-state index contributed by atoms with van der Waals surface area (Å²) in [5, 5.41) is 0. The lowest BCUT2D eigenvalue weighted by molar-refractivity contribution is -0.149. The molecule has 2 atom stereocenters. The van der Waals surface area contributed by atoms with Crippen molar-refractivity contribution >= 4 is 5.91 Å². The highest BCUT2D eigenvalue weighted by Gasteiger charge is 2.61. The first-order valence-corrected chi connectivity index (χ1v) is 7.82. The standard InChI is InChI=1S/C17H21NO3/c1-20-14-5-2-4-13(10-14)16(19)18-11-17(8-3-9-21-17)15(18)12-6-7-12/h2,4-5,10,12,15H,3,6-9,11H2,1H3. The maximum absolute atomic E-state index is 12.8. The number of rotatable bonds is 3. The maximum Gasteiger partial charge on any atom is 0.254 e. The first-order valence-electron chi connectivity index (χ1n) is 7.82. The van der Waals surface area contributed by atoms with Crippen molar-refractivity contribution < 1.29 is 14.3 Å². The molecule has 1 aromatic carbocycles. The van der Waals surface area contributed by atoms with Crippen LogP contribution < -0.4 is 4.74 Å². The Labute approximate surface area is 125 Å². The lowest BCUT2D eigenvalue weighted by Crippen LogP contribution is -2.71. The summed E-state index contributed by atoms with van der Waals surface area (Å²) in [5.74, 6) is 1.49. The number of carbonyl (C=O) groups is 1. The van der Waals surface area contributed by atoms with Gasteiger partial charge >= 0.3 is 0 Å². The molecule has 2 unspecified atom stereocenters. The number of hydrogen-bond donors (Lipinski definition) is 0. The van der Waals surface area contributed by atoms with Gasteiger partial charge in [-0.15, -0.1) is 0 Å². The molecule has 4 rings (SSSR count). The second kappa shape index (κ2) is 4.73. The van der Waals surface area contributed by atoms with Crippen LogP contribution in [0.4, 0.5) is 0 Å². The van der Waals surface area contributed by atoms with Crippen LogP contribution in [0.25, 0.3) is 0 Å². The van der Waals surface area contributed by atoms with Crippen molar-refractivity contribution in [3.8, 4) is 5.75 Å². The Bertz CT molecular complexity index is 561. The molecule has 3 aliphatic rings. The molecule has 1 amide bonds. The molecule has 21 heavy (non-hydrogen) atoms. The molecule has 2 aliphatic heterocycles. The molecule has 0 bridgehead atoms. The van der Waals surface area contributed by atoms with Crippen LogP contribution in [-0.2, 0) is 4.74 Å². The topological polar surface area (TPSA) is 38.8 Å². The van der Waals surface area contributed by atoms with Crippen LogP contribution in [0.15, 0.2) is 24.3 Å². The van der Waals surface area contributed by atoms with Gasteiger partial charge in [-0.05, 0) is 49.8 Å². The Morgan fingerprint density at radius 2 is 2.29 bits per heavy atom. The molecule has 1 aliphatic carbocycles. The van der Waals surface area contributed by atoms with E-state index in [1.807, 2.05) is 29.2 Å². The molecule has 0 aromatic heterocycles. The Morgan fingerprint density at radius 1 is 1.43 bits per heavy atom. The zero-order chi connectivity index (χ0) is 14.4. The Kier molecular flexibility index (Phi) is 2.96. The van der Waals surface area contributed by atoms with E-state index in [2.05, 4.69) is 0 Å². The maximum atomic E-state index is 12.8. The van der Waals surface area contributed by atoms with Crippen LogP contribution in [0.3, 0.4) is 0 Å². The van der Waals surface area contributed by atoms with Crippen molar-refractivity contribution in [2.75, 3.05) is 20.3 Å². The Balaban J connectivity index is 1.57. The van der Waals surface area contributed by atoms with Crippen LogP contribution in [-0.4, -0.2) is 42.7 Å². The van der Waals surface area contributed by atoms with Crippen LogP contribution in [0.5, 0.6) is 5.75 Å². The van der Waals surface area contributed by atoms with Crippen molar-refractivity contribution in [2.24, 2.45) is 5.92 Å². The van der Waals surface area contributed by atoms with Crippen molar-refractivity contribution in [2.45, 2.75) is 37.3 Å². The highest BCUT2D eigenvalue weighted by molar-refractivity contribution is 5.95. The number of benzene rings is 1. The van der Waals surface area contributed by atoms with Gasteiger partial charge in [0.25, 0.3) is 5.91 Å². The number of amides is 1. The molecule has 1 saturated carbocycles. The molecule has 4 heteroatoms. The lowest BCUT2D eigenvalue weighted by atomic mass is 9.77. The smallest absolute Gasteiger partial charge is 0.254 e. The van der Waals surface area contributed by atoms with Gasteiger partial charge in [0.2, 0.25) is 0 Å². The van der Waals surface area contributed by atoms with E-state index in [0.29, 0.717) is 17.5 Å². The minimum absolute atomic E-state index is 0.0321. The van der Waals surface area contributed by atoms with Gasteiger partial charge < -0.3 is 14.4 Å². The molecule has 0 radical (unpaired) electrons. The zero-order valence-electron chi connectivity index (χ0n) is 12.4. The molecule has 112 valence electrons. The van der Waals surface area contributed by atoms with E-state index >= 15 is 0 Å². The minimum Gasteiger partial charge on any atom is -0.497 e. The molecule has 1 aromatic rings. The molecule has 3 fully saturated rings.